The minimum atomic E-state index is 0.0902. The third kappa shape index (κ3) is 3.69. The van der Waals surface area contributed by atoms with Gasteiger partial charge in [-0.15, -0.1) is 0 Å². The fourth-order valence-electron chi connectivity index (χ4n) is 4.00. The van der Waals surface area contributed by atoms with Crippen LogP contribution in [0.5, 0.6) is 0 Å². The van der Waals surface area contributed by atoms with E-state index in [1.54, 1.807) is 0 Å². The van der Waals surface area contributed by atoms with Gasteiger partial charge in [0.15, 0.2) is 0 Å². The Labute approximate surface area is 185 Å². The first kappa shape index (κ1) is 19.2. The third-order valence-electron chi connectivity index (χ3n) is 5.60. The molecule has 4 nitrogen and oxygen atoms in total. The van der Waals surface area contributed by atoms with Crippen molar-refractivity contribution < 1.29 is 0 Å². The Balaban J connectivity index is 1.32. The zero-order valence-corrected chi connectivity index (χ0v) is 17.7. The van der Waals surface area contributed by atoms with Crippen molar-refractivity contribution in [1.29, 1.82) is 0 Å². The predicted octanol–water partition coefficient (Wildman–Crippen LogP) is 5.87. The van der Waals surface area contributed by atoms with Crippen LogP contribution in [-0.2, 0) is 0 Å². The summed E-state index contributed by atoms with van der Waals surface area (Å²) >= 11 is 12.7. The van der Waals surface area contributed by atoms with Gasteiger partial charge in [-0.2, -0.15) is 10.2 Å². The molecule has 2 aliphatic rings. The molecule has 0 radical (unpaired) electrons. The van der Waals surface area contributed by atoms with Crippen molar-refractivity contribution in [2.24, 2.45) is 10.2 Å². The van der Waals surface area contributed by atoms with Crippen LogP contribution in [0.1, 0.15) is 47.2 Å². The zero-order valence-electron chi connectivity index (χ0n) is 16.1. The highest BCUT2D eigenvalue weighted by Crippen LogP contribution is 2.31. The van der Waals surface area contributed by atoms with Crippen LogP contribution in [0.2, 0.25) is 10.0 Å². The van der Waals surface area contributed by atoms with E-state index >= 15 is 0 Å². The summed E-state index contributed by atoms with van der Waals surface area (Å²) in [7, 11) is 0. The van der Waals surface area contributed by atoms with Crippen LogP contribution >= 0.6 is 23.2 Å². The number of hydrazone groups is 2. The molecule has 2 heterocycles. The first-order chi connectivity index (χ1) is 14.7. The van der Waals surface area contributed by atoms with Gasteiger partial charge in [0.05, 0.1) is 23.5 Å². The van der Waals surface area contributed by atoms with Crippen molar-refractivity contribution in [3.8, 4) is 0 Å². The maximum absolute atomic E-state index is 6.36. The molecule has 3 aromatic carbocycles. The van der Waals surface area contributed by atoms with Crippen LogP contribution in [0.15, 0.2) is 83.0 Å². The van der Waals surface area contributed by atoms with Gasteiger partial charge in [0.1, 0.15) is 0 Å². The molecule has 0 bridgehead atoms. The molecular formula is C24H20Cl2N4. The van der Waals surface area contributed by atoms with Crippen LogP contribution in [-0.4, -0.2) is 11.4 Å². The van der Waals surface area contributed by atoms with Crippen molar-refractivity contribution in [1.82, 2.24) is 10.9 Å². The third-order valence-corrected chi connectivity index (χ3v) is 6.28. The predicted molar refractivity (Wildman–Crippen MR) is 123 cm³/mol. The van der Waals surface area contributed by atoms with Crippen LogP contribution in [0.25, 0.3) is 0 Å². The SMILES string of the molecule is Clc1ccccc1C1CC(c2cccc(C3=NNC(c4ccccc4Cl)C3)c2)=NN1. The van der Waals surface area contributed by atoms with Gasteiger partial charge in [-0.25, -0.2) is 0 Å². The lowest BCUT2D eigenvalue weighted by molar-refractivity contribution is 0.620. The van der Waals surface area contributed by atoms with E-state index in [-0.39, 0.29) is 12.1 Å². The summed E-state index contributed by atoms with van der Waals surface area (Å²) in [5.41, 5.74) is 12.8. The van der Waals surface area contributed by atoms with Gasteiger partial charge >= 0.3 is 0 Å². The monoisotopic (exact) mass is 434 g/mol. The van der Waals surface area contributed by atoms with E-state index in [1.165, 1.54) is 0 Å². The highest BCUT2D eigenvalue weighted by atomic mass is 35.5. The standard InChI is InChI=1S/C24H20Cl2N4/c25-19-10-3-1-8-17(19)23-13-21(27-29-23)15-6-5-7-16(12-15)22-14-24(30-28-22)18-9-2-4-11-20(18)26/h1-12,23-24,29-30H,13-14H2. The number of nitrogens with one attached hydrogen (secondary N) is 2. The van der Waals surface area contributed by atoms with Gasteiger partial charge in [0.25, 0.3) is 0 Å². The molecule has 0 aliphatic carbocycles. The number of benzene rings is 3. The number of halogens is 2. The van der Waals surface area contributed by atoms with Gasteiger partial charge in [-0.3, -0.25) is 0 Å². The number of nitrogens with zero attached hydrogens (tertiary/aromatic N) is 2. The average molecular weight is 435 g/mol. The van der Waals surface area contributed by atoms with E-state index in [4.69, 9.17) is 23.2 Å². The van der Waals surface area contributed by atoms with Crippen molar-refractivity contribution in [2.75, 3.05) is 0 Å². The van der Waals surface area contributed by atoms with E-state index < -0.39 is 0 Å². The molecule has 0 fully saturated rings. The Hall–Kier alpha value is -2.82. The van der Waals surface area contributed by atoms with E-state index in [1.807, 2.05) is 48.5 Å². The van der Waals surface area contributed by atoms with Crippen molar-refractivity contribution in [3.05, 3.63) is 105 Å². The number of hydrogen-bond donors (Lipinski definition) is 2. The highest BCUT2D eigenvalue weighted by molar-refractivity contribution is 6.31. The Morgan fingerprint density at radius 1 is 0.633 bits per heavy atom. The second-order valence-electron chi connectivity index (χ2n) is 7.51. The molecule has 0 aromatic heterocycles. The van der Waals surface area contributed by atoms with Crippen molar-refractivity contribution in [3.63, 3.8) is 0 Å². The summed E-state index contributed by atoms with van der Waals surface area (Å²) in [5, 5.41) is 10.7. The average Bonchev–Trinajstić information content (AvgIpc) is 3.45. The molecule has 0 spiro atoms. The lowest BCUT2D eigenvalue weighted by Gasteiger charge is -2.12. The topological polar surface area (TPSA) is 48.8 Å². The number of hydrogen-bond acceptors (Lipinski definition) is 4. The molecular weight excluding hydrogens is 415 g/mol. The first-order valence-corrected chi connectivity index (χ1v) is 10.7. The Morgan fingerprint density at radius 3 is 1.57 bits per heavy atom. The summed E-state index contributed by atoms with van der Waals surface area (Å²) in [5.74, 6) is 0. The molecule has 2 aliphatic heterocycles. The summed E-state index contributed by atoms with van der Waals surface area (Å²) < 4.78 is 0. The van der Waals surface area contributed by atoms with Gasteiger partial charge in [0, 0.05) is 22.9 Å². The smallest absolute Gasteiger partial charge is 0.0760 e. The van der Waals surface area contributed by atoms with Gasteiger partial charge in [-0.1, -0.05) is 77.8 Å². The summed E-state index contributed by atoms with van der Waals surface area (Å²) in [4.78, 5) is 0. The Morgan fingerprint density at radius 2 is 1.10 bits per heavy atom. The van der Waals surface area contributed by atoms with Crippen LogP contribution < -0.4 is 10.9 Å². The van der Waals surface area contributed by atoms with E-state index in [0.29, 0.717) is 0 Å². The molecule has 0 amide bonds. The largest absolute Gasteiger partial charge is 0.302 e. The molecule has 2 N–H and O–H groups in total. The fraction of sp³-hybridized carbons (Fsp3) is 0.167. The molecule has 2 atom stereocenters. The Bertz CT molecular complexity index is 1070. The molecule has 150 valence electrons. The first-order valence-electron chi connectivity index (χ1n) is 9.93. The lowest BCUT2D eigenvalue weighted by atomic mass is 9.95. The molecule has 6 heteroatoms. The molecule has 2 unspecified atom stereocenters. The Kier molecular flexibility index (Phi) is 5.19. The molecule has 3 aromatic rings. The fourth-order valence-corrected chi connectivity index (χ4v) is 4.53. The number of rotatable bonds is 4. The summed E-state index contributed by atoms with van der Waals surface area (Å²) in [6.07, 6.45) is 1.58. The van der Waals surface area contributed by atoms with E-state index in [2.05, 4.69) is 45.3 Å². The maximum Gasteiger partial charge on any atom is 0.0760 e. The zero-order chi connectivity index (χ0) is 20.5. The minimum absolute atomic E-state index is 0.0902. The second-order valence-corrected chi connectivity index (χ2v) is 8.33. The molecule has 0 saturated carbocycles. The quantitative estimate of drug-likeness (QED) is 0.539. The summed E-state index contributed by atoms with van der Waals surface area (Å²) in [6.45, 7) is 0. The van der Waals surface area contributed by atoms with Crippen LogP contribution in [0.3, 0.4) is 0 Å². The van der Waals surface area contributed by atoms with Gasteiger partial charge in [0.2, 0.25) is 0 Å². The molecule has 0 saturated heterocycles. The van der Waals surface area contributed by atoms with Crippen LogP contribution in [0, 0.1) is 0 Å². The lowest BCUT2D eigenvalue weighted by Crippen LogP contribution is -2.10. The second kappa shape index (κ2) is 8.13. The van der Waals surface area contributed by atoms with Crippen LogP contribution in [0.4, 0.5) is 0 Å². The van der Waals surface area contributed by atoms with Crippen molar-refractivity contribution >= 4 is 34.6 Å². The minimum Gasteiger partial charge on any atom is -0.302 e. The van der Waals surface area contributed by atoms with E-state index in [0.717, 1.165) is 56.6 Å². The van der Waals surface area contributed by atoms with Gasteiger partial charge < -0.3 is 10.9 Å². The van der Waals surface area contributed by atoms with E-state index in [9.17, 15) is 0 Å². The molecule has 30 heavy (non-hydrogen) atoms. The summed E-state index contributed by atoms with van der Waals surface area (Å²) in [6, 6.07) is 24.4. The van der Waals surface area contributed by atoms with Crippen molar-refractivity contribution in [2.45, 2.75) is 24.9 Å². The normalized spacial score (nSPS) is 20.3. The maximum atomic E-state index is 6.36. The highest BCUT2D eigenvalue weighted by Gasteiger charge is 2.25. The molecule has 5 rings (SSSR count). The van der Waals surface area contributed by atoms with Gasteiger partial charge in [-0.05, 0) is 40.5 Å².